The molecule has 2 aromatic rings. The quantitative estimate of drug-likeness (QED) is 0.913. The zero-order chi connectivity index (χ0) is 13.1. The number of rotatable bonds is 3. The minimum Gasteiger partial charge on any atom is -0.348 e. The van der Waals surface area contributed by atoms with Gasteiger partial charge in [0, 0.05) is 21.9 Å². The van der Waals surface area contributed by atoms with E-state index in [4.69, 9.17) is 23.2 Å². The first-order valence-corrected chi connectivity index (χ1v) is 6.33. The summed E-state index contributed by atoms with van der Waals surface area (Å²) in [5.41, 5.74) is 1.88. The van der Waals surface area contributed by atoms with Crippen LogP contribution in [-0.2, 0) is 0 Å². The Morgan fingerprint density at radius 1 is 1.22 bits per heavy atom. The van der Waals surface area contributed by atoms with Crippen LogP contribution in [0.2, 0.25) is 10.0 Å². The molecule has 2 rings (SSSR count). The molecule has 0 aliphatic rings. The van der Waals surface area contributed by atoms with Crippen molar-refractivity contribution in [3.05, 3.63) is 51.8 Å². The van der Waals surface area contributed by atoms with Crippen LogP contribution in [0.4, 0.5) is 5.95 Å². The first-order chi connectivity index (χ1) is 8.56. The van der Waals surface area contributed by atoms with Gasteiger partial charge in [-0.1, -0.05) is 29.3 Å². The molecule has 1 N–H and O–H groups in total. The van der Waals surface area contributed by atoms with Gasteiger partial charge in [0.25, 0.3) is 0 Å². The van der Waals surface area contributed by atoms with Gasteiger partial charge < -0.3 is 5.32 Å². The van der Waals surface area contributed by atoms with E-state index in [1.54, 1.807) is 12.3 Å². The molecule has 0 aliphatic carbocycles. The molecule has 0 aliphatic heterocycles. The van der Waals surface area contributed by atoms with Crippen molar-refractivity contribution < 1.29 is 0 Å². The second-order valence-electron chi connectivity index (χ2n) is 4.05. The second kappa shape index (κ2) is 5.55. The minimum atomic E-state index is 0.0107. The summed E-state index contributed by atoms with van der Waals surface area (Å²) in [7, 11) is 0. The highest BCUT2D eigenvalue weighted by atomic mass is 35.5. The number of nitrogens with one attached hydrogen (secondary N) is 1. The van der Waals surface area contributed by atoms with E-state index >= 15 is 0 Å². The number of hydrogen-bond donors (Lipinski definition) is 1. The molecule has 0 saturated heterocycles. The molecule has 3 nitrogen and oxygen atoms in total. The number of anilines is 1. The van der Waals surface area contributed by atoms with Crippen molar-refractivity contribution in [3.63, 3.8) is 0 Å². The van der Waals surface area contributed by atoms with E-state index in [9.17, 15) is 0 Å². The first kappa shape index (κ1) is 13.1. The number of nitrogens with zero attached hydrogens (tertiary/aromatic N) is 2. The average Bonchev–Trinajstić information content (AvgIpc) is 2.28. The van der Waals surface area contributed by atoms with E-state index in [2.05, 4.69) is 15.3 Å². The summed E-state index contributed by atoms with van der Waals surface area (Å²) in [6, 6.07) is 7.31. The van der Waals surface area contributed by atoms with Gasteiger partial charge in [-0.05, 0) is 37.6 Å². The van der Waals surface area contributed by atoms with E-state index in [1.807, 2.05) is 32.0 Å². The van der Waals surface area contributed by atoms with Crippen LogP contribution in [0.3, 0.4) is 0 Å². The summed E-state index contributed by atoms with van der Waals surface area (Å²) in [6.45, 7) is 3.92. The molecule has 1 heterocycles. The van der Waals surface area contributed by atoms with Crippen molar-refractivity contribution in [1.29, 1.82) is 0 Å². The monoisotopic (exact) mass is 281 g/mol. The molecule has 1 aromatic heterocycles. The number of benzene rings is 1. The summed E-state index contributed by atoms with van der Waals surface area (Å²) >= 11 is 12.0. The van der Waals surface area contributed by atoms with Crippen LogP contribution in [0.15, 0.2) is 30.5 Å². The van der Waals surface area contributed by atoms with E-state index < -0.39 is 0 Å². The maximum atomic E-state index is 6.16. The van der Waals surface area contributed by atoms with Gasteiger partial charge in [0.1, 0.15) is 0 Å². The summed E-state index contributed by atoms with van der Waals surface area (Å²) in [4.78, 5) is 8.46. The molecule has 94 valence electrons. The lowest BCUT2D eigenvalue weighted by Gasteiger charge is -2.15. The molecule has 0 fully saturated rings. The highest BCUT2D eigenvalue weighted by Crippen LogP contribution is 2.27. The molecule has 0 bridgehead atoms. The van der Waals surface area contributed by atoms with Gasteiger partial charge >= 0.3 is 0 Å². The van der Waals surface area contributed by atoms with Gasteiger partial charge in [0.2, 0.25) is 5.95 Å². The Labute approximate surface area is 116 Å². The van der Waals surface area contributed by atoms with Gasteiger partial charge in [-0.25, -0.2) is 9.97 Å². The van der Waals surface area contributed by atoms with E-state index in [-0.39, 0.29) is 6.04 Å². The molecular weight excluding hydrogens is 269 g/mol. The molecule has 0 saturated carbocycles. The Balaban J connectivity index is 2.19. The zero-order valence-corrected chi connectivity index (χ0v) is 11.6. The Kier molecular flexibility index (Phi) is 4.04. The smallest absolute Gasteiger partial charge is 0.223 e. The standard InChI is InChI=1S/C13H13Cl2N3/c1-8-5-6-16-13(17-8)18-9(2)11-4-3-10(14)7-12(11)15/h3-7,9H,1-2H3,(H,16,17,18). The average molecular weight is 282 g/mol. The summed E-state index contributed by atoms with van der Waals surface area (Å²) in [5, 5.41) is 4.47. The Morgan fingerprint density at radius 3 is 2.67 bits per heavy atom. The molecule has 1 atom stereocenters. The van der Waals surface area contributed by atoms with Crippen LogP contribution < -0.4 is 5.32 Å². The predicted molar refractivity (Wildman–Crippen MR) is 75.3 cm³/mol. The zero-order valence-electron chi connectivity index (χ0n) is 10.1. The maximum Gasteiger partial charge on any atom is 0.223 e. The minimum absolute atomic E-state index is 0.0107. The fourth-order valence-electron chi connectivity index (χ4n) is 1.64. The normalized spacial score (nSPS) is 12.2. The summed E-state index contributed by atoms with van der Waals surface area (Å²) in [5.74, 6) is 0.591. The lowest BCUT2D eigenvalue weighted by molar-refractivity contribution is 0.857. The van der Waals surface area contributed by atoms with Crippen LogP contribution in [0.25, 0.3) is 0 Å². The Morgan fingerprint density at radius 2 is 2.00 bits per heavy atom. The third kappa shape index (κ3) is 3.12. The van der Waals surface area contributed by atoms with Gasteiger partial charge in [0.05, 0.1) is 6.04 Å². The van der Waals surface area contributed by atoms with E-state index in [0.717, 1.165) is 11.3 Å². The van der Waals surface area contributed by atoms with Gasteiger partial charge in [-0.2, -0.15) is 0 Å². The van der Waals surface area contributed by atoms with E-state index in [1.165, 1.54) is 0 Å². The van der Waals surface area contributed by atoms with Crippen molar-refractivity contribution in [2.75, 3.05) is 5.32 Å². The molecule has 18 heavy (non-hydrogen) atoms. The number of hydrogen-bond acceptors (Lipinski definition) is 3. The van der Waals surface area contributed by atoms with Crippen molar-refractivity contribution in [1.82, 2.24) is 9.97 Å². The van der Waals surface area contributed by atoms with Crippen molar-refractivity contribution in [3.8, 4) is 0 Å². The van der Waals surface area contributed by atoms with Crippen molar-refractivity contribution in [2.45, 2.75) is 19.9 Å². The number of halogens is 2. The fraction of sp³-hybridized carbons (Fsp3) is 0.231. The summed E-state index contributed by atoms with van der Waals surface area (Å²) in [6.07, 6.45) is 1.72. The first-order valence-electron chi connectivity index (χ1n) is 5.57. The molecular formula is C13H13Cl2N3. The van der Waals surface area contributed by atoms with Crippen LogP contribution in [0, 0.1) is 6.92 Å². The summed E-state index contributed by atoms with van der Waals surface area (Å²) < 4.78 is 0. The van der Waals surface area contributed by atoms with Crippen LogP contribution in [0.1, 0.15) is 24.2 Å². The molecule has 1 aromatic carbocycles. The molecule has 0 amide bonds. The van der Waals surface area contributed by atoms with Crippen LogP contribution >= 0.6 is 23.2 Å². The third-order valence-corrected chi connectivity index (χ3v) is 3.13. The predicted octanol–water partition coefficient (Wildman–Crippen LogP) is 4.26. The number of aryl methyl sites for hydroxylation is 1. The Hall–Kier alpha value is -1.32. The van der Waals surface area contributed by atoms with Crippen molar-refractivity contribution in [2.24, 2.45) is 0 Å². The lowest BCUT2D eigenvalue weighted by atomic mass is 10.1. The maximum absolute atomic E-state index is 6.16. The SMILES string of the molecule is Cc1ccnc(NC(C)c2ccc(Cl)cc2Cl)n1. The van der Waals surface area contributed by atoms with Crippen LogP contribution in [-0.4, -0.2) is 9.97 Å². The van der Waals surface area contributed by atoms with Crippen molar-refractivity contribution >= 4 is 29.2 Å². The second-order valence-corrected chi connectivity index (χ2v) is 4.90. The molecule has 1 unspecified atom stereocenters. The van der Waals surface area contributed by atoms with E-state index in [0.29, 0.717) is 16.0 Å². The highest BCUT2D eigenvalue weighted by molar-refractivity contribution is 6.35. The van der Waals surface area contributed by atoms with Gasteiger partial charge in [0.15, 0.2) is 0 Å². The molecule has 0 radical (unpaired) electrons. The highest BCUT2D eigenvalue weighted by Gasteiger charge is 2.11. The number of aromatic nitrogens is 2. The lowest BCUT2D eigenvalue weighted by Crippen LogP contribution is -2.10. The largest absolute Gasteiger partial charge is 0.348 e. The van der Waals surface area contributed by atoms with Gasteiger partial charge in [-0.15, -0.1) is 0 Å². The Bertz CT molecular complexity index is 558. The fourth-order valence-corrected chi connectivity index (χ4v) is 2.21. The molecule has 0 spiro atoms. The van der Waals surface area contributed by atoms with Crippen LogP contribution in [0.5, 0.6) is 0 Å². The third-order valence-electron chi connectivity index (χ3n) is 2.57. The van der Waals surface area contributed by atoms with Gasteiger partial charge in [-0.3, -0.25) is 0 Å². The molecule has 5 heteroatoms. The topological polar surface area (TPSA) is 37.8 Å².